The van der Waals surface area contributed by atoms with E-state index in [4.69, 9.17) is 5.73 Å². The number of hydrogen-bond donors (Lipinski definition) is 2. The van der Waals surface area contributed by atoms with Gasteiger partial charge in [-0.25, -0.2) is 14.6 Å². The summed E-state index contributed by atoms with van der Waals surface area (Å²) in [6, 6.07) is 11.7. The first-order chi connectivity index (χ1) is 13.1. The van der Waals surface area contributed by atoms with Crippen molar-refractivity contribution in [2.75, 3.05) is 36.6 Å². The molecule has 138 valence electrons. The average molecular weight is 362 g/mol. The Labute approximate surface area is 158 Å². The van der Waals surface area contributed by atoms with Gasteiger partial charge in [0.05, 0.1) is 11.4 Å². The Morgan fingerprint density at radius 2 is 1.93 bits per heavy atom. The van der Waals surface area contributed by atoms with E-state index in [0.717, 1.165) is 23.7 Å². The van der Waals surface area contributed by atoms with Crippen molar-refractivity contribution in [3.05, 3.63) is 54.0 Å². The van der Waals surface area contributed by atoms with Crippen LogP contribution in [0.4, 0.5) is 17.5 Å². The lowest BCUT2D eigenvalue weighted by atomic mass is 10.1. The molecule has 0 spiro atoms. The SMILES string of the molecule is CN(C)c1nccnc1NCCCc1nn(-c2ccccc2)c(N)c1C#N. The summed E-state index contributed by atoms with van der Waals surface area (Å²) in [6.45, 7) is 0.683. The number of benzene rings is 1. The van der Waals surface area contributed by atoms with Crippen LogP contribution in [0.1, 0.15) is 17.7 Å². The average Bonchev–Trinajstić information content (AvgIpc) is 3.01. The van der Waals surface area contributed by atoms with E-state index in [0.29, 0.717) is 30.0 Å². The largest absolute Gasteiger partial charge is 0.382 e. The zero-order valence-electron chi connectivity index (χ0n) is 15.4. The maximum atomic E-state index is 9.47. The fraction of sp³-hybridized carbons (Fsp3) is 0.263. The number of nitrogens with two attached hydrogens (primary N) is 1. The van der Waals surface area contributed by atoms with Crippen molar-refractivity contribution >= 4 is 17.5 Å². The van der Waals surface area contributed by atoms with Gasteiger partial charge >= 0.3 is 0 Å². The molecule has 8 heteroatoms. The van der Waals surface area contributed by atoms with Crippen molar-refractivity contribution < 1.29 is 0 Å². The van der Waals surface area contributed by atoms with Gasteiger partial charge in [0.15, 0.2) is 11.6 Å². The van der Waals surface area contributed by atoms with Crippen molar-refractivity contribution in [2.24, 2.45) is 0 Å². The lowest BCUT2D eigenvalue weighted by Gasteiger charge is -2.15. The molecule has 3 aromatic rings. The smallest absolute Gasteiger partial charge is 0.171 e. The number of nitriles is 1. The molecule has 2 aromatic heterocycles. The summed E-state index contributed by atoms with van der Waals surface area (Å²) in [5, 5.41) is 17.3. The molecule has 0 saturated carbocycles. The second-order valence-corrected chi connectivity index (χ2v) is 6.22. The van der Waals surface area contributed by atoms with Gasteiger partial charge in [-0.1, -0.05) is 18.2 Å². The molecule has 0 fully saturated rings. The molecule has 3 N–H and O–H groups in total. The highest BCUT2D eigenvalue weighted by Gasteiger charge is 2.16. The zero-order chi connectivity index (χ0) is 19.2. The molecular formula is C19H22N8. The monoisotopic (exact) mass is 362 g/mol. The van der Waals surface area contributed by atoms with E-state index in [1.165, 1.54) is 0 Å². The predicted octanol–water partition coefficient (Wildman–Crippen LogP) is 2.23. The predicted molar refractivity (Wildman–Crippen MR) is 106 cm³/mol. The van der Waals surface area contributed by atoms with Gasteiger partial charge in [0.2, 0.25) is 0 Å². The summed E-state index contributed by atoms with van der Waals surface area (Å²) in [5.74, 6) is 1.89. The van der Waals surface area contributed by atoms with Crippen molar-refractivity contribution in [3.8, 4) is 11.8 Å². The highest BCUT2D eigenvalue weighted by molar-refractivity contribution is 5.59. The summed E-state index contributed by atoms with van der Waals surface area (Å²) in [7, 11) is 3.85. The number of nitrogens with zero attached hydrogens (tertiary/aromatic N) is 6. The van der Waals surface area contributed by atoms with E-state index >= 15 is 0 Å². The third-order valence-corrected chi connectivity index (χ3v) is 4.09. The molecular weight excluding hydrogens is 340 g/mol. The summed E-state index contributed by atoms with van der Waals surface area (Å²) in [6.07, 6.45) is 4.74. The molecule has 0 bridgehead atoms. The minimum atomic E-state index is 0.371. The third-order valence-electron chi connectivity index (χ3n) is 4.09. The number of nitrogens with one attached hydrogen (secondary N) is 1. The van der Waals surface area contributed by atoms with Gasteiger partial charge in [0.25, 0.3) is 0 Å². The van der Waals surface area contributed by atoms with Gasteiger partial charge < -0.3 is 16.0 Å². The molecule has 1 aromatic carbocycles. The molecule has 0 aliphatic heterocycles. The van der Waals surface area contributed by atoms with Gasteiger partial charge in [-0.15, -0.1) is 0 Å². The standard InChI is InChI=1S/C19H22N8/c1-26(2)19-18(23-11-12-24-19)22-10-6-9-16-15(13-20)17(21)27(25-16)14-7-4-3-5-8-14/h3-5,7-8,11-12H,6,9-10,21H2,1-2H3,(H,22,23). The van der Waals surface area contributed by atoms with E-state index in [2.05, 4.69) is 26.5 Å². The number of hydrogen-bond acceptors (Lipinski definition) is 7. The maximum Gasteiger partial charge on any atom is 0.171 e. The first-order valence-corrected chi connectivity index (χ1v) is 8.67. The minimum absolute atomic E-state index is 0.371. The van der Waals surface area contributed by atoms with Crippen LogP contribution < -0.4 is 16.0 Å². The van der Waals surface area contributed by atoms with Gasteiger partial charge in [-0.2, -0.15) is 10.4 Å². The number of anilines is 3. The molecule has 0 atom stereocenters. The van der Waals surface area contributed by atoms with Crippen molar-refractivity contribution in [1.82, 2.24) is 19.7 Å². The quantitative estimate of drug-likeness (QED) is 0.620. The lowest BCUT2D eigenvalue weighted by Crippen LogP contribution is -2.15. The van der Waals surface area contributed by atoms with Crippen LogP contribution >= 0.6 is 0 Å². The Morgan fingerprint density at radius 1 is 1.19 bits per heavy atom. The van der Waals surface area contributed by atoms with E-state index in [-0.39, 0.29) is 0 Å². The maximum absolute atomic E-state index is 9.47. The summed E-state index contributed by atoms with van der Waals surface area (Å²) < 4.78 is 1.62. The van der Waals surface area contributed by atoms with E-state index < -0.39 is 0 Å². The molecule has 0 saturated heterocycles. The van der Waals surface area contributed by atoms with Crippen LogP contribution in [0.5, 0.6) is 0 Å². The first-order valence-electron chi connectivity index (χ1n) is 8.67. The van der Waals surface area contributed by atoms with Crippen molar-refractivity contribution in [3.63, 3.8) is 0 Å². The van der Waals surface area contributed by atoms with E-state index in [1.807, 2.05) is 49.3 Å². The lowest BCUT2D eigenvalue weighted by molar-refractivity contribution is 0.788. The molecule has 0 unspecified atom stereocenters. The number of para-hydroxylation sites is 1. The van der Waals surface area contributed by atoms with Gasteiger partial charge in [0.1, 0.15) is 17.5 Å². The number of rotatable bonds is 7. The van der Waals surface area contributed by atoms with Crippen molar-refractivity contribution in [2.45, 2.75) is 12.8 Å². The van der Waals surface area contributed by atoms with Crippen molar-refractivity contribution in [1.29, 1.82) is 5.26 Å². The molecule has 27 heavy (non-hydrogen) atoms. The highest BCUT2D eigenvalue weighted by Crippen LogP contribution is 2.22. The molecule has 0 aliphatic carbocycles. The fourth-order valence-electron chi connectivity index (χ4n) is 2.79. The molecule has 8 nitrogen and oxygen atoms in total. The second-order valence-electron chi connectivity index (χ2n) is 6.22. The van der Waals surface area contributed by atoms with Crippen LogP contribution in [0.2, 0.25) is 0 Å². The minimum Gasteiger partial charge on any atom is -0.382 e. The van der Waals surface area contributed by atoms with Crippen LogP contribution in [0.25, 0.3) is 5.69 Å². The van der Waals surface area contributed by atoms with E-state index in [9.17, 15) is 5.26 Å². The van der Waals surface area contributed by atoms with Crippen LogP contribution in [-0.2, 0) is 6.42 Å². The topological polar surface area (TPSA) is 109 Å². The number of aromatic nitrogens is 4. The Hall–Kier alpha value is -3.60. The highest BCUT2D eigenvalue weighted by atomic mass is 15.3. The second kappa shape index (κ2) is 8.19. The van der Waals surface area contributed by atoms with Crippen LogP contribution in [0.3, 0.4) is 0 Å². The molecule has 0 aliphatic rings. The fourth-order valence-corrected chi connectivity index (χ4v) is 2.79. The van der Waals surface area contributed by atoms with Gasteiger partial charge in [0, 0.05) is 33.0 Å². The van der Waals surface area contributed by atoms with Crippen LogP contribution in [0.15, 0.2) is 42.7 Å². The Balaban J connectivity index is 1.68. The van der Waals surface area contributed by atoms with Crippen LogP contribution in [-0.4, -0.2) is 40.4 Å². The Morgan fingerprint density at radius 3 is 2.63 bits per heavy atom. The zero-order valence-corrected chi connectivity index (χ0v) is 15.4. The normalized spacial score (nSPS) is 10.4. The van der Waals surface area contributed by atoms with Crippen LogP contribution in [0, 0.1) is 11.3 Å². The molecule has 2 heterocycles. The summed E-state index contributed by atoms with van der Waals surface area (Å²) in [4.78, 5) is 10.6. The molecule has 0 amide bonds. The van der Waals surface area contributed by atoms with Gasteiger partial charge in [-0.05, 0) is 25.0 Å². The Kier molecular flexibility index (Phi) is 5.52. The number of aryl methyl sites for hydroxylation is 1. The third kappa shape index (κ3) is 3.98. The Bertz CT molecular complexity index is 940. The molecule has 3 rings (SSSR count). The van der Waals surface area contributed by atoms with E-state index in [1.54, 1.807) is 17.1 Å². The first kappa shape index (κ1) is 18.2. The number of nitrogen functional groups attached to an aromatic ring is 1. The van der Waals surface area contributed by atoms with Gasteiger partial charge in [-0.3, -0.25) is 0 Å². The molecule has 0 radical (unpaired) electrons. The summed E-state index contributed by atoms with van der Waals surface area (Å²) in [5.41, 5.74) is 8.11. The summed E-state index contributed by atoms with van der Waals surface area (Å²) >= 11 is 0.